The molecule has 1 spiro atoms. The fourth-order valence-corrected chi connectivity index (χ4v) is 3.30. The molecule has 1 aliphatic carbocycles. The highest BCUT2D eigenvalue weighted by Gasteiger charge is 2.58. The number of aliphatic carboxylic acids is 1. The lowest BCUT2D eigenvalue weighted by Gasteiger charge is -2.28. The SMILES string of the molecule is O=C(O)CCCCC1=NO[C@H]2CCC3(OCCO3)[C@@H]12. The van der Waals surface area contributed by atoms with Gasteiger partial charge in [0, 0.05) is 12.8 Å². The molecule has 1 saturated heterocycles. The van der Waals surface area contributed by atoms with Crippen LogP contribution in [0.1, 0.15) is 38.5 Å². The average Bonchev–Trinajstić information content (AvgIpc) is 3.06. The van der Waals surface area contributed by atoms with Crippen LogP contribution in [0.3, 0.4) is 0 Å². The maximum Gasteiger partial charge on any atom is 0.303 e. The smallest absolute Gasteiger partial charge is 0.303 e. The Bertz CT molecular complexity index is 388. The van der Waals surface area contributed by atoms with Gasteiger partial charge in [-0.25, -0.2) is 0 Å². The first-order valence-electron chi connectivity index (χ1n) is 6.93. The molecule has 6 nitrogen and oxygen atoms in total. The molecule has 6 heteroatoms. The number of hydrogen-bond donors (Lipinski definition) is 1. The molecule has 106 valence electrons. The van der Waals surface area contributed by atoms with Crippen LogP contribution in [0.15, 0.2) is 5.16 Å². The molecule has 0 aromatic rings. The topological polar surface area (TPSA) is 77.4 Å². The quantitative estimate of drug-likeness (QED) is 0.766. The lowest BCUT2D eigenvalue weighted by Crippen LogP contribution is -2.41. The zero-order chi connectivity index (χ0) is 13.3. The largest absolute Gasteiger partial charge is 0.481 e. The summed E-state index contributed by atoms with van der Waals surface area (Å²) in [6.45, 7) is 1.27. The van der Waals surface area contributed by atoms with Crippen molar-refractivity contribution < 1.29 is 24.2 Å². The molecule has 0 unspecified atom stereocenters. The van der Waals surface area contributed by atoms with Gasteiger partial charge in [-0.05, 0) is 25.7 Å². The van der Waals surface area contributed by atoms with Crippen molar-refractivity contribution >= 4 is 11.7 Å². The lowest BCUT2D eigenvalue weighted by molar-refractivity contribution is -0.171. The van der Waals surface area contributed by atoms with E-state index in [0.717, 1.165) is 31.4 Å². The van der Waals surface area contributed by atoms with E-state index < -0.39 is 11.8 Å². The Kier molecular flexibility index (Phi) is 3.45. The molecule has 0 aromatic heterocycles. The van der Waals surface area contributed by atoms with E-state index in [2.05, 4.69) is 5.16 Å². The van der Waals surface area contributed by atoms with E-state index >= 15 is 0 Å². The summed E-state index contributed by atoms with van der Waals surface area (Å²) in [5, 5.41) is 12.8. The van der Waals surface area contributed by atoms with E-state index in [1.165, 1.54) is 0 Å². The molecule has 3 rings (SSSR count). The monoisotopic (exact) mass is 269 g/mol. The van der Waals surface area contributed by atoms with Gasteiger partial charge >= 0.3 is 5.97 Å². The minimum absolute atomic E-state index is 0.0765. The van der Waals surface area contributed by atoms with Crippen molar-refractivity contribution in [3.8, 4) is 0 Å². The van der Waals surface area contributed by atoms with Gasteiger partial charge in [0.1, 0.15) is 6.10 Å². The second kappa shape index (κ2) is 5.09. The molecule has 1 saturated carbocycles. The summed E-state index contributed by atoms with van der Waals surface area (Å²) in [7, 11) is 0. The maximum atomic E-state index is 10.5. The maximum absolute atomic E-state index is 10.5. The van der Waals surface area contributed by atoms with E-state index in [1.807, 2.05) is 0 Å². The molecule has 0 bridgehead atoms. The minimum atomic E-state index is -0.748. The highest BCUT2D eigenvalue weighted by molar-refractivity contribution is 5.89. The summed E-state index contributed by atoms with van der Waals surface area (Å²) >= 11 is 0. The third kappa shape index (κ3) is 2.34. The highest BCUT2D eigenvalue weighted by atomic mass is 16.7. The zero-order valence-electron chi connectivity index (χ0n) is 10.8. The van der Waals surface area contributed by atoms with Crippen LogP contribution in [0.5, 0.6) is 0 Å². The predicted molar refractivity (Wildman–Crippen MR) is 65.8 cm³/mol. The summed E-state index contributed by atoms with van der Waals surface area (Å²) < 4.78 is 11.6. The van der Waals surface area contributed by atoms with Gasteiger partial charge in [0.05, 0.1) is 24.8 Å². The molecule has 3 aliphatic rings. The molecule has 0 amide bonds. The van der Waals surface area contributed by atoms with Crippen LogP contribution in [0.4, 0.5) is 0 Å². The minimum Gasteiger partial charge on any atom is -0.481 e. The van der Waals surface area contributed by atoms with Crippen molar-refractivity contribution in [2.45, 2.75) is 50.4 Å². The van der Waals surface area contributed by atoms with Crippen LogP contribution in [0.2, 0.25) is 0 Å². The third-order valence-electron chi connectivity index (χ3n) is 4.14. The van der Waals surface area contributed by atoms with Gasteiger partial charge in [0.25, 0.3) is 0 Å². The van der Waals surface area contributed by atoms with E-state index in [0.29, 0.717) is 19.6 Å². The third-order valence-corrected chi connectivity index (χ3v) is 4.14. The Hall–Kier alpha value is -1.14. The number of carbonyl (C=O) groups is 1. The first-order valence-corrected chi connectivity index (χ1v) is 6.93. The molecule has 0 radical (unpaired) electrons. The van der Waals surface area contributed by atoms with Gasteiger partial charge in [0.2, 0.25) is 0 Å². The van der Waals surface area contributed by atoms with Crippen molar-refractivity contribution in [3.63, 3.8) is 0 Å². The Morgan fingerprint density at radius 1 is 1.37 bits per heavy atom. The van der Waals surface area contributed by atoms with Crippen LogP contribution in [0, 0.1) is 5.92 Å². The van der Waals surface area contributed by atoms with Gasteiger partial charge in [-0.15, -0.1) is 0 Å². The van der Waals surface area contributed by atoms with E-state index in [-0.39, 0.29) is 18.4 Å². The Morgan fingerprint density at radius 3 is 2.89 bits per heavy atom. The normalized spacial score (nSPS) is 31.3. The van der Waals surface area contributed by atoms with Crippen LogP contribution in [-0.4, -0.2) is 41.9 Å². The number of carboxylic acids is 1. The van der Waals surface area contributed by atoms with Crippen LogP contribution < -0.4 is 0 Å². The predicted octanol–water partition coefficient (Wildman–Crippen LogP) is 1.54. The summed E-state index contributed by atoms with van der Waals surface area (Å²) in [5.41, 5.74) is 0.981. The van der Waals surface area contributed by atoms with Gasteiger partial charge in [-0.1, -0.05) is 5.16 Å². The van der Waals surface area contributed by atoms with E-state index in [1.54, 1.807) is 0 Å². The fraction of sp³-hybridized carbons (Fsp3) is 0.846. The van der Waals surface area contributed by atoms with Crippen molar-refractivity contribution in [3.05, 3.63) is 0 Å². The van der Waals surface area contributed by atoms with Crippen LogP contribution in [-0.2, 0) is 19.1 Å². The number of hydrogen-bond acceptors (Lipinski definition) is 5. The summed E-state index contributed by atoms with van der Waals surface area (Å²) in [4.78, 5) is 16.0. The van der Waals surface area contributed by atoms with Gasteiger partial charge in [-0.3, -0.25) is 4.79 Å². The lowest BCUT2D eigenvalue weighted by atomic mass is 9.91. The van der Waals surface area contributed by atoms with Gasteiger partial charge in [0.15, 0.2) is 5.79 Å². The standard InChI is InChI=1S/C13H19NO5/c15-11(16)4-2-1-3-9-12-10(19-14-9)5-6-13(12)17-7-8-18-13/h10,12H,1-8H2,(H,15,16)/t10-,12-/m0/s1. The molecular formula is C13H19NO5. The second-order valence-corrected chi connectivity index (χ2v) is 5.35. The molecule has 0 aromatic carbocycles. The number of carboxylic acid groups (broad SMARTS) is 1. The molecule has 1 N–H and O–H groups in total. The van der Waals surface area contributed by atoms with Crippen LogP contribution in [0.25, 0.3) is 0 Å². The number of fused-ring (bicyclic) bond motifs is 2. The van der Waals surface area contributed by atoms with Crippen molar-refractivity contribution in [1.29, 1.82) is 0 Å². The molecule has 19 heavy (non-hydrogen) atoms. The number of nitrogens with zero attached hydrogens (tertiary/aromatic N) is 1. The average molecular weight is 269 g/mol. The van der Waals surface area contributed by atoms with E-state index in [9.17, 15) is 4.79 Å². The van der Waals surface area contributed by atoms with Crippen molar-refractivity contribution in [2.75, 3.05) is 13.2 Å². The molecule has 2 atom stereocenters. The zero-order valence-corrected chi connectivity index (χ0v) is 10.8. The highest BCUT2D eigenvalue weighted by Crippen LogP contribution is 2.47. The van der Waals surface area contributed by atoms with Crippen molar-refractivity contribution in [1.82, 2.24) is 0 Å². The summed E-state index contributed by atoms with van der Waals surface area (Å²) in [5.74, 6) is -1.17. The number of oxime groups is 1. The first-order chi connectivity index (χ1) is 9.21. The van der Waals surface area contributed by atoms with Crippen molar-refractivity contribution in [2.24, 2.45) is 11.1 Å². The number of unbranched alkanes of at least 4 members (excludes halogenated alkanes) is 1. The molecule has 2 fully saturated rings. The molecular weight excluding hydrogens is 250 g/mol. The van der Waals surface area contributed by atoms with Gasteiger partial charge < -0.3 is 19.4 Å². The Labute approximate surface area is 111 Å². The summed E-state index contributed by atoms with van der Waals surface area (Å²) in [6.07, 6.45) is 4.30. The van der Waals surface area contributed by atoms with Gasteiger partial charge in [-0.2, -0.15) is 0 Å². The Balaban J connectivity index is 1.58. The van der Waals surface area contributed by atoms with Crippen LogP contribution >= 0.6 is 0 Å². The summed E-state index contributed by atoms with van der Waals surface area (Å²) in [6, 6.07) is 0. The van der Waals surface area contributed by atoms with E-state index in [4.69, 9.17) is 19.4 Å². The first kappa shape index (κ1) is 12.9. The number of ether oxygens (including phenoxy) is 2. The fourth-order valence-electron chi connectivity index (χ4n) is 3.30. The number of rotatable bonds is 5. The second-order valence-electron chi connectivity index (χ2n) is 5.35. The Morgan fingerprint density at radius 2 is 2.16 bits per heavy atom. The molecule has 2 heterocycles. The molecule has 2 aliphatic heterocycles.